The van der Waals surface area contributed by atoms with Crippen LogP contribution >= 0.6 is 0 Å². The van der Waals surface area contributed by atoms with Gasteiger partial charge >= 0.3 is 0 Å². The zero-order chi connectivity index (χ0) is 24.3. The van der Waals surface area contributed by atoms with Crippen molar-refractivity contribution in [3.05, 3.63) is 107 Å². The Balaban J connectivity index is 1.70. The molecule has 0 aliphatic heterocycles. The van der Waals surface area contributed by atoms with E-state index in [2.05, 4.69) is 43.0 Å². The summed E-state index contributed by atoms with van der Waals surface area (Å²) in [6.07, 6.45) is 0. The fourth-order valence-electron chi connectivity index (χ4n) is 4.32. The van der Waals surface area contributed by atoms with E-state index in [1.54, 1.807) is 12.1 Å². The quantitative estimate of drug-likeness (QED) is 0.156. The molecule has 3 aromatic carbocycles. The molecule has 3 N–H and O–H groups in total. The van der Waals surface area contributed by atoms with Gasteiger partial charge in [-0.15, -0.1) is 0 Å². The van der Waals surface area contributed by atoms with E-state index in [9.17, 15) is 9.60 Å². The fraction of sp³-hybridized carbons (Fsp3) is 0.214. The molecule has 4 aromatic rings. The molecule has 0 saturated heterocycles. The molecule has 6 heteroatoms. The number of rotatable bonds is 6. The molecule has 4 rings (SSSR count). The van der Waals surface area contributed by atoms with E-state index >= 15 is 0 Å². The molecule has 0 fully saturated rings. The maximum atomic E-state index is 13.4. The van der Waals surface area contributed by atoms with Gasteiger partial charge in [-0.25, -0.2) is 9.37 Å². The van der Waals surface area contributed by atoms with Crippen LogP contribution in [0.25, 0.3) is 10.9 Å². The molecule has 0 saturated carbocycles. The van der Waals surface area contributed by atoms with Gasteiger partial charge in [0, 0.05) is 16.9 Å². The van der Waals surface area contributed by atoms with Crippen molar-refractivity contribution in [2.75, 3.05) is 0 Å². The Morgan fingerprint density at radius 1 is 1.03 bits per heavy atom. The Kier molecular flexibility index (Phi) is 6.50. The third kappa shape index (κ3) is 5.01. The summed E-state index contributed by atoms with van der Waals surface area (Å²) in [5, 5.41) is 13.4. The maximum Gasteiger partial charge on any atom is 0.170 e. The monoisotopic (exact) mass is 457 g/mol. The Morgan fingerprint density at radius 3 is 2.50 bits per heavy atom. The SMILES string of the molecule is CC(C)(C)[C@H](c1ccccc1)c1cc(OCc2ccc3cc(F)ccc3n2)ccc1/C(N)=N/O. The fourth-order valence-corrected chi connectivity index (χ4v) is 4.32. The van der Waals surface area contributed by atoms with Crippen LogP contribution in [0.5, 0.6) is 5.75 Å². The van der Waals surface area contributed by atoms with Crippen molar-refractivity contribution >= 4 is 16.7 Å². The van der Waals surface area contributed by atoms with Crippen LogP contribution in [-0.2, 0) is 6.61 Å². The van der Waals surface area contributed by atoms with Gasteiger partial charge in [-0.2, -0.15) is 0 Å². The topological polar surface area (TPSA) is 80.7 Å². The van der Waals surface area contributed by atoms with E-state index in [-0.39, 0.29) is 29.6 Å². The maximum absolute atomic E-state index is 13.4. The van der Waals surface area contributed by atoms with Gasteiger partial charge in [-0.3, -0.25) is 0 Å². The van der Waals surface area contributed by atoms with Gasteiger partial charge in [0.1, 0.15) is 18.2 Å². The predicted molar refractivity (Wildman–Crippen MR) is 133 cm³/mol. The number of pyridine rings is 1. The molecule has 1 heterocycles. The number of hydrogen-bond acceptors (Lipinski definition) is 4. The summed E-state index contributed by atoms with van der Waals surface area (Å²) in [6, 6.07) is 23.9. The lowest BCUT2D eigenvalue weighted by Crippen LogP contribution is -2.24. The second-order valence-corrected chi connectivity index (χ2v) is 9.37. The number of ether oxygens (including phenoxy) is 1. The molecule has 0 bridgehead atoms. The van der Waals surface area contributed by atoms with Gasteiger partial charge in [0.05, 0.1) is 11.2 Å². The molecule has 0 aliphatic rings. The molecule has 0 radical (unpaired) electrons. The lowest BCUT2D eigenvalue weighted by molar-refractivity contribution is 0.300. The summed E-state index contributed by atoms with van der Waals surface area (Å²) >= 11 is 0. The highest BCUT2D eigenvalue weighted by molar-refractivity contribution is 5.99. The second-order valence-electron chi connectivity index (χ2n) is 9.37. The molecule has 0 aliphatic carbocycles. The largest absolute Gasteiger partial charge is 0.487 e. The molecule has 174 valence electrons. The van der Waals surface area contributed by atoms with E-state index < -0.39 is 0 Å². The van der Waals surface area contributed by atoms with E-state index in [0.29, 0.717) is 16.8 Å². The molecule has 0 spiro atoms. The molecule has 0 amide bonds. The summed E-state index contributed by atoms with van der Waals surface area (Å²) in [6.45, 7) is 6.74. The van der Waals surface area contributed by atoms with Gasteiger partial charge in [0.2, 0.25) is 0 Å². The number of halogens is 1. The Morgan fingerprint density at radius 2 is 1.79 bits per heavy atom. The highest BCUT2D eigenvalue weighted by Gasteiger charge is 2.31. The van der Waals surface area contributed by atoms with Crippen molar-refractivity contribution in [3.63, 3.8) is 0 Å². The first kappa shape index (κ1) is 23.2. The first-order valence-electron chi connectivity index (χ1n) is 11.1. The minimum Gasteiger partial charge on any atom is -0.487 e. The van der Waals surface area contributed by atoms with Crippen LogP contribution in [0.2, 0.25) is 0 Å². The summed E-state index contributed by atoms with van der Waals surface area (Å²) in [5.74, 6) is 0.385. The predicted octanol–water partition coefficient (Wildman–Crippen LogP) is 6.23. The third-order valence-corrected chi connectivity index (χ3v) is 5.81. The van der Waals surface area contributed by atoms with Crippen molar-refractivity contribution in [2.45, 2.75) is 33.3 Å². The minimum absolute atomic E-state index is 0.0266. The lowest BCUT2D eigenvalue weighted by atomic mass is 9.71. The van der Waals surface area contributed by atoms with Crippen molar-refractivity contribution in [1.29, 1.82) is 0 Å². The van der Waals surface area contributed by atoms with E-state index in [4.69, 9.17) is 10.5 Å². The van der Waals surface area contributed by atoms with Crippen LogP contribution in [-0.4, -0.2) is 16.0 Å². The normalized spacial score (nSPS) is 13.1. The zero-order valence-electron chi connectivity index (χ0n) is 19.5. The van der Waals surface area contributed by atoms with Crippen LogP contribution in [0.3, 0.4) is 0 Å². The van der Waals surface area contributed by atoms with E-state index in [0.717, 1.165) is 22.2 Å². The minimum atomic E-state index is -0.288. The van der Waals surface area contributed by atoms with Crippen LogP contribution in [0.1, 0.15) is 49.1 Å². The molecule has 1 atom stereocenters. The van der Waals surface area contributed by atoms with Gasteiger partial charge in [-0.1, -0.05) is 62.3 Å². The van der Waals surface area contributed by atoms with Crippen LogP contribution in [0.15, 0.2) is 84.0 Å². The first-order valence-corrected chi connectivity index (χ1v) is 11.1. The van der Waals surface area contributed by atoms with E-state index in [1.165, 1.54) is 12.1 Å². The number of fused-ring (bicyclic) bond motifs is 1. The Hall–Kier alpha value is -3.93. The third-order valence-electron chi connectivity index (χ3n) is 5.81. The van der Waals surface area contributed by atoms with Gasteiger partial charge in [0.15, 0.2) is 5.84 Å². The van der Waals surface area contributed by atoms with Crippen LogP contribution in [0.4, 0.5) is 4.39 Å². The van der Waals surface area contributed by atoms with Gasteiger partial charge < -0.3 is 15.7 Å². The van der Waals surface area contributed by atoms with Crippen LogP contribution < -0.4 is 10.5 Å². The highest BCUT2D eigenvalue weighted by atomic mass is 19.1. The number of oxime groups is 1. The molecule has 1 aromatic heterocycles. The Labute approximate surface area is 198 Å². The smallest absolute Gasteiger partial charge is 0.170 e. The number of nitrogens with two attached hydrogens (primary N) is 1. The van der Waals surface area contributed by atoms with Crippen molar-refractivity contribution < 1.29 is 14.3 Å². The average Bonchev–Trinajstić information content (AvgIpc) is 2.82. The van der Waals surface area contributed by atoms with Gasteiger partial charge in [0.25, 0.3) is 0 Å². The summed E-state index contributed by atoms with van der Waals surface area (Å²) in [4.78, 5) is 4.57. The van der Waals surface area contributed by atoms with Crippen molar-refractivity contribution in [3.8, 4) is 5.75 Å². The van der Waals surface area contributed by atoms with Gasteiger partial charge in [-0.05, 0) is 59.0 Å². The van der Waals surface area contributed by atoms with Crippen molar-refractivity contribution in [2.24, 2.45) is 16.3 Å². The number of hydrogen-bond donors (Lipinski definition) is 2. The first-order chi connectivity index (χ1) is 16.3. The number of nitrogens with zero attached hydrogens (tertiary/aromatic N) is 2. The highest BCUT2D eigenvalue weighted by Crippen LogP contribution is 2.43. The summed E-state index contributed by atoms with van der Waals surface area (Å²) in [7, 11) is 0. The molecule has 0 unspecified atom stereocenters. The molecular weight excluding hydrogens is 429 g/mol. The Bertz CT molecular complexity index is 1330. The number of benzene rings is 3. The summed E-state index contributed by atoms with van der Waals surface area (Å²) in [5.41, 5.74) is 10.0. The zero-order valence-corrected chi connectivity index (χ0v) is 19.5. The molecule has 34 heavy (non-hydrogen) atoms. The lowest BCUT2D eigenvalue weighted by Gasteiger charge is -2.33. The second kappa shape index (κ2) is 9.51. The van der Waals surface area contributed by atoms with Crippen LogP contribution in [0, 0.1) is 11.2 Å². The van der Waals surface area contributed by atoms with Crippen molar-refractivity contribution in [1.82, 2.24) is 4.98 Å². The average molecular weight is 458 g/mol. The summed E-state index contributed by atoms with van der Waals surface area (Å²) < 4.78 is 19.5. The number of aromatic nitrogens is 1. The van der Waals surface area contributed by atoms with E-state index in [1.807, 2.05) is 42.5 Å². The number of amidine groups is 1. The standard InChI is InChI=1S/C28H28FN3O2/c1-28(2,3)26(18-7-5-4-6-8-18)24-16-22(12-13-23(24)27(30)32-33)34-17-21-11-9-19-15-20(29)10-14-25(19)31-21/h4-16,26,33H,17H2,1-3H3,(H2,30,32)/t26-/m1/s1. The molecule has 5 nitrogen and oxygen atoms in total. The molecular formula is C28H28FN3O2.